The molecule has 39 heavy (non-hydrogen) atoms. The zero-order chi connectivity index (χ0) is 28.0. The third-order valence-corrected chi connectivity index (χ3v) is 6.20. The zero-order valence-corrected chi connectivity index (χ0v) is 23.4. The van der Waals surface area contributed by atoms with Crippen LogP contribution in [0.2, 0.25) is 0 Å². The van der Waals surface area contributed by atoms with Crippen LogP contribution in [0, 0.1) is 6.92 Å². The number of nitrogens with zero attached hydrogens (tertiary/aromatic N) is 5. The molecule has 0 unspecified atom stereocenters. The number of nitrogens with one attached hydrogen (secondary N) is 1. The Morgan fingerprint density at radius 1 is 0.949 bits per heavy atom. The van der Waals surface area contributed by atoms with Crippen LogP contribution in [0.1, 0.15) is 26.5 Å². The summed E-state index contributed by atoms with van der Waals surface area (Å²) in [5.74, 6) is 2.36. The van der Waals surface area contributed by atoms with Crippen molar-refractivity contribution in [1.29, 1.82) is 0 Å². The Morgan fingerprint density at radius 2 is 1.67 bits per heavy atom. The molecule has 0 aliphatic carbocycles. The van der Waals surface area contributed by atoms with Gasteiger partial charge in [0.15, 0.2) is 17.1 Å². The number of hydrogen-bond acceptors (Lipinski definition) is 9. The molecule has 0 bridgehead atoms. The number of aryl methyl sites for hydroxylation is 1. The second-order valence-corrected chi connectivity index (χ2v) is 10.1. The third kappa shape index (κ3) is 6.64. The molecular weight excluding hydrogens is 496 g/mol. The van der Waals surface area contributed by atoms with Crippen LogP contribution in [-0.2, 0) is 9.53 Å². The summed E-state index contributed by atoms with van der Waals surface area (Å²) >= 11 is 0. The summed E-state index contributed by atoms with van der Waals surface area (Å²) in [7, 11) is 3.26. The van der Waals surface area contributed by atoms with Gasteiger partial charge in [-0.05, 0) is 70.2 Å². The van der Waals surface area contributed by atoms with Crippen LogP contribution in [0.25, 0.3) is 28.2 Å². The van der Waals surface area contributed by atoms with Crippen LogP contribution in [0.5, 0.6) is 11.5 Å². The van der Waals surface area contributed by atoms with E-state index in [0.717, 1.165) is 65.9 Å². The molecule has 0 saturated carbocycles. The van der Waals surface area contributed by atoms with Crippen molar-refractivity contribution in [3.05, 3.63) is 54.4 Å². The molecule has 3 aromatic heterocycles. The predicted octanol–water partition coefficient (Wildman–Crippen LogP) is 4.15. The molecule has 4 aromatic rings. The quantitative estimate of drug-likeness (QED) is 0.367. The fraction of sp³-hybridized carbons (Fsp3) is 0.379. The number of imidazole rings is 1. The summed E-state index contributed by atoms with van der Waals surface area (Å²) in [5.41, 5.74) is 5.09. The molecule has 1 aliphatic heterocycles. The molecule has 1 aliphatic rings. The number of ether oxygens (including phenoxy) is 3. The Morgan fingerprint density at radius 3 is 2.26 bits per heavy atom. The van der Waals surface area contributed by atoms with Crippen molar-refractivity contribution in [3.8, 4) is 34.0 Å². The fourth-order valence-corrected chi connectivity index (χ4v) is 4.28. The van der Waals surface area contributed by atoms with E-state index in [4.69, 9.17) is 24.5 Å². The molecule has 10 heteroatoms. The van der Waals surface area contributed by atoms with Gasteiger partial charge in [-0.3, -0.25) is 4.79 Å². The van der Waals surface area contributed by atoms with Crippen LogP contribution in [0.15, 0.2) is 48.7 Å². The monoisotopic (exact) mass is 532 g/mol. The zero-order valence-electron chi connectivity index (χ0n) is 23.4. The molecule has 10 nitrogen and oxygen atoms in total. The van der Waals surface area contributed by atoms with Crippen molar-refractivity contribution in [3.63, 3.8) is 0 Å². The van der Waals surface area contributed by atoms with Gasteiger partial charge in [-0.25, -0.2) is 14.5 Å². The highest BCUT2D eigenvalue weighted by atomic mass is 16.5. The van der Waals surface area contributed by atoms with Crippen molar-refractivity contribution in [2.24, 2.45) is 0 Å². The summed E-state index contributed by atoms with van der Waals surface area (Å²) < 4.78 is 17.3. The highest BCUT2D eigenvalue weighted by Crippen LogP contribution is 2.32. The molecule has 1 N–H and O–H groups in total. The molecule has 1 fully saturated rings. The first-order valence-corrected chi connectivity index (χ1v) is 12.9. The van der Waals surface area contributed by atoms with Crippen LogP contribution in [0.3, 0.4) is 0 Å². The number of carbonyl (C=O) groups is 1. The summed E-state index contributed by atoms with van der Waals surface area (Å²) in [6, 6.07) is 13.9. The van der Waals surface area contributed by atoms with E-state index in [0.29, 0.717) is 18.0 Å². The van der Waals surface area contributed by atoms with Gasteiger partial charge in [-0.15, -0.1) is 0 Å². The first-order chi connectivity index (χ1) is 18.7. The van der Waals surface area contributed by atoms with E-state index >= 15 is 0 Å². The van der Waals surface area contributed by atoms with E-state index in [1.54, 1.807) is 14.2 Å². The van der Waals surface area contributed by atoms with Crippen LogP contribution < -0.4 is 19.7 Å². The lowest BCUT2D eigenvalue weighted by Crippen LogP contribution is -2.43. The van der Waals surface area contributed by atoms with E-state index in [1.165, 1.54) is 0 Å². The van der Waals surface area contributed by atoms with Gasteiger partial charge in [-0.1, -0.05) is 0 Å². The van der Waals surface area contributed by atoms with Gasteiger partial charge in [-0.2, -0.15) is 5.10 Å². The Bertz CT molecular complexity index is 1410. The van der Waals surface area contributed by atoms with Gasteiger partial charge < -0.3 is 24.4 Å². The first-order valence-electron chi connectivity index (χ1n) is 12.9. The standard InChI is InChI=1S/C24H26N6O2.C5H10O2/c1-16-24(18-5-8-22(26-15-18)29-12-10-25-11-13-29)30-23(27-16)9-6-19(28-30)17-4-7-20(31-2)21(14-17)32-3;1-5(2,3)7-4-6/h4-9,14-15,25H,10-13H2,1-3H3;4H,1-3H3. The number of hydrogen-bond donors (Lipinski definition) is 1. The Labute approximate surface area is 228 Å². The minimum atomic E-state index is -0.318. The third-order valence-electron chi connectivity index (χ3n) is 6.20. The van der Waals surface area contributed by atoms with Crippen molar-refractivity contribution in [2.45, 2.75) is 33.3 Å². The highest BCUT2D eigenvalue weighted by molar-refractivity contribution is 5.69. The summed E-state index contributed by atoms with van der Waals surface area (Å²) in [4.78, 5) is 21.3. The molecule has 0 radical (unpaired) electrons. The molecular formula is C29H36N6O4. The van der Waals surface area contributed by atoms with Crippen molar-refractivity contribution < 1.29 is 19.0 Å². The molecule has 206 valence electrons. The minimum Gasteiger partial charge on any atom is -0.493 e. The molecule has 4 heterocycles. The second kappa shape index (κ2) is 12.1. The number of pyridine rings is 1. The topological polar surface area (TPSA) is 103 Å². The Kier molecular flexibility index (Phi) is 8.65. The smallest absolute Gasteiger partial charge is 0.293 e. The summed E-state index contributed by atoms with van der Waals surface area (Å²) in [5, 5.41) is 8.27. The van der Waals surface area contributed by atoms with Gasteiger partial charge in [0.1, 0.15) is 11.4 Å². The Balaban J connectivity index is 0.000000448. The largest absolute Gasteiger partial charge is 0.493 e. The maximum absolute atomic E-state index is 9.60. The molecule has 0 spiro atoms. The molecule has 1 aromatic carbocycles. The SMILES string of the molecule is CC(C)(C)OC=O.COc1ccc(-c2ccc3nc(C)c(-c4ccc(N5CCNCC5)nc4)n3n2)cc1OC. The van der Waals surface area contributed by atoms with Crippen molar-refractivity contribution in [2.75, 3.05) is 45.3 Å². The van der Waals surface area contributed by atoms with Crippen LogP contribution in [0.4, 0.5) is 5.82 Å². The van der Waals surface area contributed by atoms with Crippen LogP contribution >= 0.6 is 0 Å². The number of carbonyl (C=O) groups excluding carboxylic acids is 1. The van der Waals surface area contributed by atoms with E-state index in [-0.39, 0.29) is 5.60 Å². The maximum Gasteiger partial charge on any atom is 0.293 e. The van der Waals surface area contributed by atoms with Gasteiger partial charge >= 0.3 is 0 Å². The summed E-state index contributed by atoms with van der Waals surface area (Å²) in [6.45, 7) is 11.8. The normalized spacial score (nSPS) is 13.4. The van der Waals surface area contributed by atoms with E-state index < -0.39 is 0 Å². The predicted molar refractivity (Wildman–Crippen MR) is 151 cm³/mol. The number of aromatic nitrogens is 4. The Hall–Kier alpha value is -4.18. The van der Waals surface area contributed by atoms with Gasteiger partial charge in [0, 0.05) is 43.5 Å². The fourth-order valence-electron chi connectivity index (χ4n) is 4.28. The van der Waals surface area contributed by atoms with Crippen molar-refractivity contribution in [1.82, 2.24) is 24.9 Å². The second-order valence-electron chi connectivity index (χ2n) is 10.1. The highest BCUT2D eigenvalue weighted by Gasteiger charge is 2.16. The first kappa shape index (κ1) is 27.8. The number of piperazine rings is 1. The lowest BCUT2D eigenvalue weighted by atomic mass is 10.1. The number of methoxy groups -OCH3 is 2. The van der Waals surface area contributed by atoms with E-state index in [2.05, 4.69) is 27.1 Å². The lowest BCUT2D eigenvalue weighted by molar-refractivity contribution is -0.138. The van der Waals surface area contributed by atoms with Gasteiger partial charge in [0.25, 0.3) is 6.47 Å². The minimum absolute atomic E-state index is 0.318. The number of rotatable bonds is 6. The maximum atomic E-state index is 9.60. The number of fused-ring (bicyclic) bond motifs is 1. The molecule has 1 saturated heterocycles. The van der Waals surface area contributed by atoms with E-state index in [1.807, 2.05) is 68.7 Å². The number of anilines is 1. The average molecular weight is 533 g/mol. The van der Waals surface area contributed by atoms with Gasteiger partial charge in [0.2, 0.25) is 0 Å². The number of benzene rings is 1. The molecule has 0 atom stereocenters. The molecule has 0 amide bonds. The van der Waals surface area contributed by atoms with Crippen molar-refractivity contribution >= 4 is 17.9 Å². The summed E-state index contributed by atoms with van der Waals surface area (Å²) in [6.07, 6.45) is 1.92. The van der Waals surface area contributed by atoms with Gasteiger partial charge in [0.05, 0.1) is 31.3 Å². The lowest BCUT2D eigenvalue weighted by Gasteiger charge is -2.28. The average Bonchev–Trinajstić information content (AvgIpc) is 3.27. The van der Waals surface area contributed by atoms with Crippen LogP contribution in [-0.4, -0.2) is 72.1 Å². The molecule has 5 rings (SSSR count). The van der Waals surface area contributed by atoms with E-state index in [9.17, 15) is 4.79 Å².